The quantitative estimate of drug-likeness (QED) is 0.715. The van der Waals surface area contributed by atoms with Crippen molar-refractivity contribution in [2.45, 2.75) is 39.3 Å². The van der Waals surface area contributed by atoms with Gasteiger partial charge in [0.25, 0.3) is 0 Å². The summed E-state index contributed by atoms with van der Waals surface area (Å²) in [5.74, 6) is 1.14. The molecule has 0 bridgehead atoms. The molecule has 0 fully saturated rings. The van der Waals surface area contributed by atoms with Gasteiger partial charge in [0.2, 0.25) is 9.04 Å². The molecule has 0 aliphatic carbocycles. The number of benzene rings is 2. The molecule has 0 N–H and O–H groups in total. The molecule has 0 aliphatic rings. The van der Waals surface area contributed by atoms with Crippen molar-refractivity contribution in [1.82, 2.24) is 0 Å². The molecule has 1 nitrogen and oxygen atoms in total. The van der Waals surface area contributed by atoms with E-state index in [-0.39, 0.29) is 0 Å². The van der Waals surface area contributed by atoms with E-state index in [4.69, 9.17) is 4.43 Å². The van der Waals surface area contributed by atoms with Gasteiger partial charge in [-0.15, -0.1) is 0 Å². The number of fused-ring (bicyclic) bond motifs is 1. The number of hydrogen-bond donors (Lipinski definition) is 0. The van der Waals surface area contributed by atoms with E-state index in [2.05, 4.69) is 56.4 Å². The first-order valence-corrected chi connectivity index (χ1v) is 9.67. The Bertz CT molecular complexity index is 519. The smallest absolute Gasteiger partial charge is 0.229 e. The van der Waals surface area contributed by atoms with Gasteiger partial charge < -0.3 is 4.43 Å². The van der Waals surface area contributed by atoms with E-state index >= 15 is 0 Å². The third-order valence-electron chi connectivity index (χ3n) is 3.11. The van der Waals surface area contributed by atoms with E-state index in [1.165, 1.54) is 29.2 Å². The summed E-state index contributed by atoms with van der Waals surface area (Å²) in [5.41, 5.74) is 1.37. The van der Waals surface area contributed by atoms with Crippen molar-refractivity contribution >= 4 is 19.8 Å². The lowest BCUT2D eigenvalue weighted by atomic mass is 10.0. The van der Waals surface area contributed by atoms with Crippen LogP contribution >= 0.6 is 0 Å². The summed E-state index contributed by atoms with van der Waals surface area (Å²) in [4.78, 5) is 0. The molecular weight excluding hydrogens is 236 g/mol. The summed E-state index contributed by atoms with van der Waals surface area (Å²) < 4.78 is 6.19. The maximum absolute atomic E-state index is 6.19. The van der Waals surface area contributed by atoms with Crippen molar-refractivity contribution in [2.24, 2.45) is 0 Å². The minimum atomic E-state index is -1.07. The lowest BCUT2D eigenvalue weighted by molar-refractivity contribution is 0.575. The summed E-state index contributed by atoms with van der Waals surface area (Å²) in [7, 11) is -1.07. The monoisotopic (exact) mass is 258 g/mol. The van der Waals surface area contributed by atoms with Crippen LogP contribution in [0.25, 0.3) is 10.8 Å². The van der Waals surface area contributed by atoms with Gasteiger partial charge in [-0.1, -0.05) is 49.7 Å². The van der Waals surface area contributed by atoms with Crippen LogP contribution in [0.3, 0.4) is 0 Å². The average Bonchev–Trinajstić information content (AvgIpc) is 2.37. The molecular formula is C16H22OSi. The Morgan fingerprint density at radius 3 is 2.56 bits per heavy atom. The van der Waals surface area contributed by atoms with E-state index in [1.807, 2.05) is 0 Å². The van der Waals surface area contributed by atoms with Gasteiger partial charge in [-0.05, 0) is 36.9 Å². The molecule has 0 saturated carbocycles. The third kappa shape index (κ3) is 2.93. The van der Waals surface area contributed by atoms with Crippen LogP contribution in [0.1, 0.15) is 25.3 Å². The van der Waals surface area contributed by atoms with Gasteiger partial charge >= 0.3 is 0 Å². The van der Waals surface area contributed by atoms with Crippen molar-refractivity contribution in [1.29, 1.82) is 0 Å². The standard InChI is InChI=1S/C16H22OSi/c1-4-5-8-14-12-11-13-9-6-7-10-15(13)16(14)17-18(2)3/h6-7,9-12,18H,4-5,8H2,1-3H3. The first-order valence-electron chi connectivity index (χ1n) is 6.89. The molecule has 2 aromatic carbocycles. The zero-order chi connectivity index (χ0) is 13.0. The van der Waals surface area contributed by atoms with E-state index in [9.17, 15) is 0 Å². The number of hydrogen-bond acceptors (Lipinski definition) is 1. The molecule has 2 aromatic rings. The Morgan fingerprint density at radius 1 is 1.06 bits per heavy atom. The van der Waals surface area contributed by atoms with Gasteiger partial charge in [-0.3, -0.25) is 0 Å². The molecule has 0 saturated heterocycles. The largest absolute Gasteiger partial charge is 0.546 e. The number of rotatable bonds is 5. The minimum absolute atomic E-state index is 1.07. The second-order valence-electron chi connectivity index (χ2n) is 5.05. The highest BCUT2D eigenvalue weighted by molar-refractivity contribution is 6.49. The first-order chi connectivity index (χ1) is 8.72. The van der Waals surface area contributed by atoms with E-state index in [0.717, 1.165) is 12.2 Å². The van der Waals surface area contributed by atoms with Crippen LogP contribution in [-0.4, -0.2) is 9.04 Å². The van der Waals surface area contributed by atoms with Crippen LogP contribution in [0.4, 0.5) is 0 Å². The van der Waals surface area contributed by atoms with E-state index in [0.29, 0.717) is 0 Å². The van der Waals surface area contributed by atoms with Crippen LogP contribution in [0.15, 0.2) is 36.4 Å². The fourth-order valence-corrected chi connectivity index (χ4v) is 2.98. The minimum Gasteiger partial charge on any atom is -0.546 e. The molecule has 0 atom stereocenters. The maximum Gasteiger partial charge on any atom is 0.229 e. The van der Waals surface area contributed by atoms with Crippen LogP contribution in [-0.2, 0) is 6.42 Å². The summed E-state index contributed by atoms with van der Waals surface area (Å²) in [6, 6.07) is 13.0. The molecule has 0 aliphatic heterocycles. The molecule has 0 unspecified atom stereocenters. The highest BCUT2D eigenvalue weighted by atomic mass is 28.3. The Morgan fingerprint density at radius 2 is 1.83 bits per heavy atom. The number of aryl methyl sites for hydroxylation is 1. The topological polar surface area (TPSA) is 9.23 Å². The van der Waals surface area contributed by atoms with Crippen molar-refractivity contribution in [3.63, 3.8) is 0 Å². The average molecular weight is 258 g/mol. The lowest BCUT2D eigenvalue weighted by Crippen LogP contribution is -2.13. The fourth-order valence-electron chi connectivity index (χ4n) is 2.23. The SMILES string of the molecule is CCCCc1ccc2ccccc2c1O[SiH](C)C. The molecule has 2 heteroatoms. The first kappa shape index (κ1) is 13.2. The molecule has 0 amide bonds. The Labute approximate surface area is 112 Å². The second-order valence-corrected chi connectivity index (χ2v) is 7.38. The van der Waals surface area contributed by atoms with Crippen LogP contribution in [0.5, 0.6) is 5.75 Å². The predicted octanol–water partition coefficient (Wildman–Crippen LogP) is 4.54. The van der Waals surface area contributed by atoms with Gasteiger partial charge in [-0.25, -0.2) is 0 Å². The fraction of sp³-hybridized carbons (Fsp3) is 0.375. The van der Waals surface area contributed by atoms with E-state index < -0.39 is 9.04 Å². The van der Waals surface area contributed by atoms with Crippen molar-refractivity contribution in [3.05, 3.63) is 42.0 Å². The van der Waals surface area contributed by atoms with Gasteiger partial charge in [-0.2, -0.15) is 0 Å². The molecule has 0 heterocycles. The summed E-state index contributed by atoms with van der Waals surface area (Å²) >= 11 is 0. The van der Waals surface area contributed by atoms with Gasteiger partial charge in [0, 0.05) is 5.39 Å². The second kappa shape index (κ2) is 6.05. The normalized spacial score (nSPS) is 11.1. The number of unbranched alkanes of at least 4 members (excludes halogenated alkanes) is 1. The molecule has 0 spiro atoms. The van der Waals surface area contributed by atoms with Crippen LogP contribution in [0, 0.1) is 0 Å². The summed E-state index contributed by atoms with van der Waals surface area (Å²) in [6.07, 6.45) is 3.58. The molecule has 96 valence electrons. The Balaban J connectivity index is 2.48. The zero-order valence-corrected chi connectivity index (χ0v) is 12.7. The molecule has 0 aromatic heterocycles. The lowest BCUT2D eigenvalue weighted by Gasteiger charge is -2.17. The van der Waals surface area contributed by atoms with Crippen LogP contribution < -0.4 is 4.43 Å². The molecule has 0 radical (unpaired) electrons. The highest BCUT2D eigenvalue weighted by Crippen LogP contribution is 2.31. The highest BCUT2D eigenvalue weighted by Gasteiger charge is 2.10. The summed E-state index contributed by atoms with van der Waals surface area (Å²) in [5, 5.41) is 2.55. The van der Waals surface area contributed by atoms with Gasteiger partial charge in [0.15, 0.2) is 0 Å². The molecule has 2 rings (SSSR count). The van der Waals surface area contributed by atoms with Crippen molar-refractivity contribution in [2.75, 3.05) is 0 Å². The third-order valence-corrected chi connectivity index (χ3v) is 3.82. The van der Waals surface area contributed by atoms with Crippen LogP contribution in [0.2, 0.25) is 13.1 Å². The predicted molar refractivity (Wildman–Crippen MR) is 82.1 cm³/mol. The Hall–Kier alpha value is -1.28. The van der Waals surface area contributed by atoms with Crippen molar-refractivity contribution in [3.8, 4) is 5.75 Å². The zero-order valence-electron chi connectivity index (χ0n) is 11.6. The van der Waals surface area contributed by atoms with Gasteiger partial charge in [0.1, 0.15) is 5.75 Å². The Kier molecular flexibility index (Phi) is 4.42. The van der Waals surface area contributed by atoms with Gasteiger partial charge in [0.05, 0.1) is 0 Å². The molecule has 18 heavy (non-hydrogen) atoms. The van der Waals surface area contributed by atoms with E-state index in [1.54, 1.807) is 0 Å². The maximum atomic E-state index is 6.19. The summed E-state index contributed by atoms with van der Waals surface area (Å²) in [6.45, 7) is 6.69. The van der Waals surface area contributed by atoms with Crippen molar-refractivity contribution < 1.29 is 4.43 Å².